The quantitative estimate of drug-likeness (QED) is 0.914. The molecule has 0 bridgehead atoms. The van der Waals surface area contributed by atoms with Crippen LogP contribution in [0.2, 0.25) is 0 Å². The van der Waals surface area contributed by atoms with Gasteiger partial charge in [0, 0.05) is 11.1 Å². The molecule has 0 amide bonds. The molecule has 2 aromatic rings. The average molecular weight is 264 g/mol. The normalized spacial score (nSPS) is 12.2. The first-order valence-electron chi connectivity index (χ1n) is 5.92. The number of hydrogen-bond acceptors (Lipinski definition) is 2. The molecular formula is C15H14F2O2. The third-order valence-electron chi connectivity index (χ3n) is 2.78. The molecule has 0 saturated heterocycles. The first kappa shape index (κ1) is 13.5. The van der Waals surface area contributed by atoms with E-state index in [1.54, 1.807) is 31.2 Å². The molecule has 0 saturated carbocycles. The smallest absolute Gasteiger partial charge is 0.165 e. The van der Waals surface area contributed by atoms with Crippen LogP contribution in [0.5, 0.6) is 5.75 Å². The molecule has 0 aliphatic heterocycles. The molecule has 0 unspecified atom stereocenters. The Kier molecular flexibility index (Phi) is 4.12. The van der Waals surface area contributed by atoms with Gasteiger partial charge in [0.2, 0.25) is 0 Å². The minimum absolute atomic E-state index is 0.0900. The van der Waals surface area contributed by atoms with Gasteiger partial charge in [-0.25, -0.2) is 8.78 Å². The first-order valence-corrected chi connectivity index (χ1v) is 5.92. The number of hydrogen-bond donors (Lipinski definition) is 1. The van der Waals surface area contributed by atoms with E-state index < -0.39 is 17.7 Å². The summed E-state index contributed by atoms with van der Waals surface area (Å²) >= 11 is 0. The standard InChI is InChI=1S/C15H14F2O2/c1-10(18)12-6-2-3-8-14(12)19-9-11-5-4-7-13(16)15(11)17/h2-8,10,18H,9H2,1H3/t10-/m0/s1. The molecule has 100 valence electrons. The second-order valence-corrected chi connectivity index (χ2v) is 4.22. The van der Waals surface area contributed by atoms with Crippen molar-refractivity contribution >= 4 is 0 Å². The third-order valence-corrected chi connectivity index (χ3v) is 2.78. The second kappa shape index (κ2) is 5.80. The van der Waals surface area contributed by atoms with Crippen LogP contribution in [0, 0.1) is 11.6 Å². The summed E-state index contributed by atoms with van der Waals surface area (Å²) in [7, 11) is 0. The predicted molar refractivity (Wildman–Crippen MR) is 67.8 cm³/mol. The molecule has 0 spiro atoms. The molecule has 2 aromatic carbocycles. The van der Waals surface area contributed by atoms with Crippen molar-refractivity contribution in [3.8, 4) is 5.75 Å². The second-order valence-electron chi connectivity index (χ2n) is 4.22. The lowest BCUT2D eigenvalue weighted by Gasteiger charge is -2.13. The molecule has 0 heterocycles. The van der Waals surface area contributed by atoms with Crippen LogP contribution in [0.15, 0.2) is 42.5 Å². The van der Waals surface area contributed by atoms with Gasteiger partial charge in [-0.2, -0.15) is 0 Å². The molecule has 0 radical (unpaired) electrons. The summed E-state index contributed by atoms with van der Waals surface area (Å²) in [5, 5.41) is 9.59. The lowest BCUT2D eigenvalue weighted by atomic mass is 10.1. The van der Waals surface area contributed by atoms with E-state index in [-0.39, 0.29) is 12.2 Å². The maximum Gasteiger partial charge on any atom is 0.165 e. The van der Waals surface area contributed by atoms with E-state index in [0.29, 0.717) is 11.3 Å². The fourth-order valence-corrected chi connectivity index (χ4v) is 1.77. The van der Waals surface area contributed by atoms with Gasteiger partial charge in [-0.1, -0.05) is 30.3 Å². The zero-order chi connectivity index (χ0) is 13.8. The highest BCUT2D eigenvalue weighted by molar-refractivity contribution is 5.35. The summed E-state index contributed by atoms with van der Waals surface area (Å²) in [6.45, 7) is 1.53. The van der Waals surface area contributed by atoms with E-state index in [9.17, 15) is 13.9 Å². The van der Waals surface area contributed by atoms with Crippen LogP contribution in [0.3, 0.4) is 0 Å². The Hall–Kier alpha value is -1.94. The first-order chi connectivity index (χ1) is 9.09. The summed E-state index contributed by atoms with van der Waals surface area (Å²) in [4.78, 5) is 0. The highest BCUT2D eigenvalue weighted by Crippen LogP contribution is 2.25. The third kappa shape index (κ3) is 3.09. The summed E-state index contributed by atoms with van der Waals surface area (Å²) in [5.74, 6) is -1.34. The molecule has 0 aromatic heterocycles. The van der Waals surface area contributed by atoms with Gasteiger partial charge in [-0.05, 0) is 19.1 Å². The largest absolute Gasteiger partial charge is 0.488 e. The lowest BCUT2D eigenvalue weighted by Crippen LogP contribution is -2.03. The molecule has 1 N–H and O–H groups in total. The maximum absolute atomic E-state index is 13.5. The van der Waals surface area contributed by atoms with Crippen molar-refractivity contribution in [3.63, 3.8) is 0 Å². The molecule has 4 heteroatoms. The molecule has 2 nitrogen and oxygen atoms in total. The molecule has 0 aliphatic rings. The van der Waals surface area contributed by atoms with Gasteiger partial charge < -0.3 is 9.84 Å². The molecule has 1 atom stereocenters. The van der Waals surface area contributed by atoms with Crippen LogP contribution in [0.25, 0.3) is 0 Å². The summed E-state index contributed by atoms with van der Waals surface area (Å²) in [6, 6.07) is 10.9. The van der Waals surface area contributed by atoms with Gasteiger partial charge >= 0.3 is 0 Å². The molecule has 0 fully saturated rings. The summed E-state index contributed by atoms with van der Waals surface area (Å²) in [6.07, 6.45) is -0.687. The fraction of sp³-hybridized carbons (Fsp3) is 0.200. The Morgan fingerprint density at radius 1 is 1.11 bits per heavy atom. The van der Waals surface area contributed by atoms with Crippen molar-refractivity contribution in [3.05, 3.63) is 65.2 Å². The number of benzene rings is 2. The van der Waals surface area contributed by atoms with Crippen molar-refractivity contribution in [1.82, 2.24) is 0 Å². The Balaban J connectivity index is 2.17. The topological polar surface area (TPSA) is 29.5 Å². The van der Waals surface area contributed by atoms with Crippen LogP contribution >= 0.6 is 0 Å². The van der Waals surface area contributed by atoms with Crippen LogP contribution in [-0.2, 0) is 6.61 Å². The molecule has 19 heavy (non-hydrogen) atoms. The minimum Gasteiger partial charge on any atom is -0.488 e. The van der Waals surface area contributed by atoms with E-state index in [1.807, 2.05) is 0 Å². The van der Waals surface area contributed by atoms with Crippen LogP contribution in [0.1, 0.15) is 24.2 Å². The highest BCUT2D eigenvalue weighted by Gasteiger charge is 2.11. The van der Waals surface area contributed by atoms with Crippen molar-refractivity contribution in [1.29, 1.82) is 0 Å². The Bertz CT molecular complexity index is 568. The zero-order valence-electron chi connectivity index (χ0n) is 10.4. The molecule has 2 rings (SSSR count). The monoisotopic (exact) mass is 264 g/mol. The van der Waals surface area contributed by atoms with Gasteiger partial charge in [0.1, 0.15) is 12.4 Å². The predicted octanol–water partition coefficient (Wildman–Crippen LogP) is 3.60. The van der Waals surface area contributed by atoms with Gasteiger partial charge in [0.05, 0.1) is 6.10 Å². The number of para-hydroxylation sites is 1. The van der Waals surface area contributed by atoms with Crippen LogP contribution in [0.4, 0.5) is 8.78 Å². The van der Waals surface area contributed by atoms with Crippen LogP contribution in [-0.4, -0.2) is 5.11 Å². The lowest BCUT2D eigenvalue weighted by molar-refractivity contribution is 0.189. The van der Waals surface area contributed by atoms with Gasteiger partial charge in [-0.15, -0.1) is 0 Å². The zero-order valence-corrected chi connectivity index (χ0v) is 10.4. The van der Waals surface area contributed by atoms with Gasteiger partial charge in [0.25, 0.3) is 0 Å². The molecule has 0 aliphatic carbocycles. The van der Waals surface area contributed by atoms with Crippen molar-refractivity contribution in [2.75, 3.05) is 0 Å². The molecular weight excluding hydrogens is 250 g/mol. The minimum atomic E-state index is -0.906. The van der Waals surface area contributed by atoms with Gasteiger partial charge in [0.15, 0.2) is 11.6 Å². The number of halogens is 2. The van der Waals surface area contributed by atoms with E-state index in [1.165, 1.54) is 12.1 Å². The Morgan fingerprint density at radius 2 is 1.84 bits per heavy atom. The van der Waals surface area contributed by atoms with E-state index in [4.69, 9.17) is 4.74 Å². The van der Waals surface area contributed by atoms with Crippen molar-refractivity contribution in [2.45, 2.75) is 19.6 Å². The number of aliphatic hydroxyl groups excluding tert-OH is 1. The summed E-state index contributed by atoms with van der Waals surface area (Å²) < 4.78 is 32.0. The van der Waals surface area contributed by atoms with Crippen molar-refractivity contribution in [2.24, 2.45) is 0 Å². The Morgan fingerprint density at radius 3 is 2.58 bits per heavy atom. The van der Waals surface area contributed by atoms with E-state index in [0.717, 1.165) is 6.07 Å². The number of aliphatic hydroxyl groups is 1. The van der Waals surface area contributed by atoms with Crippen molar-refractivity contribution < 1.29 is 18.6 Å². The summed E-state index contributed by atoms with van der Waals surface area (Å²) in [5.41, 5.74) is 0.750. The van der Waals surface area contributed by atoms with E-state index in [2.05, 4.69) is 0 Å². The fourth-order valence-electron chi connectivity index (χ4n) is 1.77. The average Bonchev–Trinajstić information content (AvgIpc) is 2.40. The Labute approximate surface area is 110 Å². The van der Waals surface area contributed by atoms with Crippen LogP contribution < -0.4 is 4.74 Å². The van der Waals surface area contributed by atoms with Gasteiger partial charge in [-0.3, -0.25) is 0 Å². The highest BCUT2D eigenvalue weighted by atomic mass is 19.2. The maximum atomic E-state index is 13.5. The SMILES string of the molecule is C[C@H](O)c1ccccc1OCc1cccc(F)c1F. The van der Waals surface area contributed by atoms with E-state index >= 15 is 0 Å². The number of rotatable bonds is 4. The number of ether oxygens (including phenoxy) is 1.